The molecule has 1 aromatic heterocycles. The Hall–Kier alpha value is -2.72. The van der Waals surface area contributed by atoms with E-state index in [0.717, 1.165) is 35.9 Å². The molecule has 3 aromatic rings. The quantitative estimate of drug-likeness (QED) is 0.668. The van der Waals surface area contributed by atoms with E-state index in [-0.39, 0.29) is 12.0 Å². The Balaban J connectivity index is 1.52. The molecule has 1 fully saturated rings. The van der Waals surface area contributed by atoms with Crippen LogP contribution in [0.4, 0.5) is 0 Å². The van der Waals surface area contributed by atoms with E-state index in [9.17, 15) is 4.79 Å². The third-order valence-electron chi connectivity index (χ3n) is 5.04. The molecule has 0 bridgehead atoms. The van der Waals surface area contributed by atoms with Gasteiger partial charge in [0.15, 0.2) is 0 Å². The monoisotopic (exact) mass is 360 g/mol. The average molecular weight is 360 g/mol. The third kappa shape index (κ3) is 4.34. The van der Waals surface area contributed by atoms with Crippen LogP contribution in [0.3, 0.4) is 0 Å². The van der Waals surface area contributed by atoms with Crippen LogP contribution in [0.5, 0.6) is 0 Å². The van der Waals surface area contributed by atoms with E-state index < -0.39 is 0 Å². The van der Waals surface area contributed by atoms with Crippen molar-refractivity contribution < 1.29 is 9.53 Å². The van der Waals surface area contributed by atoms with Gasteiger partial charge >= 0.3 is 0 Å². The summed E-state index contributed by atoms with van der Waals surface area (Å²) in [6.45, 7) is 1.85. The van der Waals surface area contributed by atoms with Crippen molar-refractivity contribution >= 4 is 16.8 Å². The summed E-state index contributed by atoms with van der Waals surface area (Å²) in [5.74, 6) is 0.0818. The van der Waals surface area contributed by atoms with Crippen molar-refractivity contribution in [2.24, 2.45) is 0 Å². The number of hydrogen-bond donors (Lipinski definition) is 0. The lowest BCUT2D eigenvalue weighted by molar-refractivity contribution is -0.141. The fraction of sp³-hybridized carbons (Fsp3) is 0.304. The van der Waals surface area contributed by atoms with E-state index >= 15 is 0 Å². The van der Waals surface area contributed by atoms with E-state index in [4.69, 9.17) is 9.72 Å². The first kappa shape index (κ1) is 17.7. The minimum Gasteiger partial charge on any atom is -0.368 e. The fourth-order valence-electron chi connectivity index (χ4n) is 3.54. The number of ether oxygens (including phenoxy) is 1. The number of amides is 1. The second-order valence-corrected chi connectivity index (χ2v) is 6.99. The number of pyridine rings is 1. The van der Waals surface area contributed by atoms with Crippen LogP contribution in [0.15, 0.2) is 66.7 Å². The minimum atomic E-state index is -0.304. The molecule has 4 nitrogen and oxygen atoms in total. The smallest absolute Gasteiger partial charge is 0.252 e. The lowest BCUT2D eigenvalue weighted by atomic mass is 10.1. The van der Waals surface area contributed by atoms with Gasteiger partial charge in [-0.3, -0.25) is 9.78 Å². The molecule has 1 aliphatic heterocycles. The Morgan fingerprint density at radius 3 is 2.67 bits per heavy atom. The third-order valence-corrected chi connectivity index (χ3v) is 5.04. The SMILES string of the molecule is O=C(C1CCCO1)N(CCc1ccccc1)Cc1ccc2ccccc2n1. The predicted molar refractivity (Wildman–Crippen MR) is 106 cm³/mol. The van der Waals surface area contributed by atoms with Gasteiger partial charge < -0.3 is 9.64 Å². The Morgan fingerprint density at radius 1 is 1.04 bits per heavy atom. The van der Waals surface area contributed by atoms with Crippen molar-refractivity contribution in [2.75, 3.05) is 13.2 Å². The molecule has 0 N–H and O–H groups in total. The molecule has 4 heteroatoms. The minimum absolute atomic E-state index is 0.0818. The largest absolute Gasteiger partial charge is 0.368 e. The van der Waals surface area contributed by atoms with Crippen molar-refractivity contribution in [1.29, 1.82) is 0 Å². The van der Waals surface area contributed by atoms with Gasteiger partial charge in [0.25, 0.3) is 5.91 Å². The van der Waals surface area contributed by atoms with Gasteiger partial charge in [0, 0.05) is 18.5 Å². The Labute approximate surface area is 159 Å². The first-order valence-electron chi connectivity index (χ1n) is 9.58. The molecule has 2 aromatic carbocycles. The van der Waals surface area contributed by atoms with Gasteiger partial charge in [-0.15, -0.1) is 0 Å². The maximum absolute atomic E-state index is 13.0. The van der Waals surface area contributed by atoms with Crippen LogP contribution in [-0.4, -0.2) is 35.0 Å². The van der Waals surface area contributed by atoms with E-state index in [1.165, 1.54) is 5.56 Å². The lowest BCUT2D eigenvalue weighted by Crippen LogP contribution is -2.39. The number of rotatable bonds is 6. The highest BCUT2D eigenvalue weighted by Gasteiger charge is 2.28. The standard InChI is InChI=1S/C23H24N2O2/c26-23(22-11-6-16-27-22)25(15-14-18-7-2-1-3-8-18)17-20-13-12-19-9-4-5-10-21(19)24-20/h1-5,7-10,12-13,22H,6,11,14-17H2. The summed E-state index contributed by atoms with van der Waals surface area (Å²) in [6.07, 6.45) is 2.29. The van der Waals surface area contributed by atoms with Gasteiger partial charge in [-0.05, 0) is 37.0 Å². The fourth-order valence-corrected chi connectivity index (χ4v) is 3.54. The van der Waals surface area contributed by atoms with Crippen molar-refractivity contribution in [3.8, 4) is 0 Å². The summed E-state index contributed by atoms with van der Waals surface area (Å²) in [5, 5.41) is 1.11. The summed E-state index contributed by atoms with van der Waals surface area (Å²) in [5.41, 5.74) is 3.10. The van der Waals surface area contributed by atoms with E-state index in [2.05, 4.69) is 24.3 Å². The van der Waals surface area contributed by atoms with Crippen LogP contribution in [0.25, 0.3) is 10.9 Å². The van der Waals surface area contributed by atoms with Crippen molar-refractivity contribution in [2.45, 2.75) is 31.9 Å². The summed E-state index contributed by atoms with van der Waals surface area (Å²) in [6, 6.07) is 22.4. The van der Waals surface area contributed by atoms with Crippen molar-refractivity contribution in [3.05, 3.63) is 78.0 Å². The second-order valence-electron chi connectivity index (χ2n) is 6.99. The van der Waals surface area contributed by atoms with Gasteiger partial charge in [0.2, 0.25) is 0 Å². The number of nitrogens with zero attached hydrogens (tertiary/aromatic N) is 2. The molecule has 0 spiro atoms. The number of fused-ring (bicyclic) bond motifs is 1. The number of benzene rings is 2. The van der Waals surface area contributed by atoms with Crippen molar-refractivity contribution in [3.63, 3.8) is 0 Å². The molecule has 0 saturated carbocycles. The Bertz CT molecular complexity index is 904. The zero-order valence-corrected chi connectivity index (χ0v) is 15.4. The van der Waals surface area contributed by atoms with Crippen LogP contribution in [0.2, 0.25) is 0 Å². The molecule has 1 unspecified atom stereocenters. The Morgan fingerprint density at radius 2 is 1.85 bits per heavy atom. The first-order valence-corrected chi connectivity index (χ1v) is 9.58. The highest BCUT2D eigenvalue weighted by Crippen LogP contribution is 2.18. The van der Waals surface area contributed by atoms with Gasteiger partial charge in [-0.1, -0.05) is 54.6 Å². The summed E-state index contributed by atoms with van der Waals surface area (Å²) in [4.78, 5) is 19.7. The summed E-state index contributed by atoms with van der Waals surface area (Å²) < 4.78 is 5.64. The molecule has 1 atom stereocenters. The molecule has 4 rings (SSSR count). The molecule has 0 aliphatic carbocycles. The molecular formula is C23H24N2O2. The van der Waals surface area contributed by atoms with Gasteiger partial charge in [0.1, 0.15) is 6.10 Å². The molecule has 0 radical (unpaired) electrons. The van der Waals surface area contributed by atoms with E-state index in [1.807, 2.05) is 47.4 Å². The summed E-state index contributed by atoms with van der Waals surface area (Å²) >= 11 is 0. The number of carbonyl (C=O) groups excluding carboxylic acids is 1. The molecule has 27 heavy (non-hydrogen) atoms. The Kier molecular flexibility index (Phi) is 5.45. The average Bonchev–Trinajstić information content (AvgIpc) is 3.26. The maximum Gasteiger partial charge on any atom is 0.252 e. The van der Waals surface area contributed by atoms with Crippen LogP contribution in [0.1, 0.15) is 24.1 Å². The molecule has 1 aliphatic rings. The molecular weight excluding hydrogens is 336 g/mol. The number of aromatic nitrogens is 1. The van der Waals surface area contributed by atoms with Crippen LogP contribution < -0.4 is 0 Å². The summed E-state index contributed by atoms with van der Waals surface area (Å²) in [7, 11) is 0. The maximum atomic E-state index is 13.0. The van der Waals surface area contributed by atoms with Crippen LogP contribution >= 0.6 is 0 Å². The predicted octanol–water partition coefficient (Wildman–Crippen LogP) is 3.99. The normalized spacial score (nSPS) is 16.5. The zero-order chi connectivity index (χ0) is 18.5. The van der Waals surface area contributed by atoms with Gasteiger partial charge in [-0.2, -0.15) is 0 Å². The van der Waals surface area contributed by atoms with E-state index in [1.54, 1.807) is 0 Å². The topological polar surface area (TPSA) is 42.4 Å². The number of hydrogen-bond acceptors (Lipinski definition) is 3. The van der Waals surface area contributed by atoms with Gasteiger partial charge in [-0.25, -0.2) is 0 Å². The highest BCUT2D eigenvalue weighted by atomic mass is 16.5. The lowest BCUT2D eigenvalue weighted by Gasteiger charge is -2.25. The van der Waals surface area contributed by atoms with Crippen LogP contribution in [-0.2, 0) is 22.5 Å². The van der Waals surface area contributed by atoms with Crippen molar-refractivity contribution in [1.82, 2.24) is 9.88 Å². The number of para-hydroxylation sites is 1. The molecule has 1 amide bonds. The highest BCUT2D eigenvalue weighted by molar-refractivity contribution is 5.81. The number of carbonyl (C=O) groups is 1. The van der Waals surface area contributed by atoms with Crippen LogP contribution in [0, 0.1) is 0 Å². The molecule has 2 heterocycles. The zero-order valence-electron chi connectivity index (χ0n) is 15.4. The molecule has 138 valence electrons. The molecule has 1 saturated heterocycles. The second kappa shape index (κ2) is 8.31. The van der Waals surface area contributed by atoms with E-state index in [0.29, 0.717) is 19.7 Å². The first-order chi connectivity index (χ1) is 13.3. The van der Waals surface area contributed by atoms with Gasteiger partial charge in [0.05, 0.1) is 17.8 Å².